The maximum absolute atomic E-state index is 6.08. The van der Waals surface area contributed by atoms with Crippen LogP contribution in [-0.2, 0) is 6.54 Å². The van der Waals surface area contributed by atoms with E-state index in [9.17, 15) is 0 Å². The first-order chi connectivity index (χ1) is 9.15. The predicted octanol–water partition coefficient (Wildman–Crippen LogP) is 3.88. The van der Waals surface area contributed by atoms with Crippen molar-refractivity contribution in [3.63, 3.8) is 0 Å². The van der Waals surface area contributed by atoms with Crippen molar-refractivity contribution in [2.45, 2.75) is 6.54 Å². The van der Waals surface area contributed by atoms with Gasteiger partial charge in [0.05, 0.1) is 11.9 Å². The minimum atomic E-state index is 0.513. The van der Waals surface area contributed by atoms with E-state index in [1.165, 1.54) is 0 Å². The summed E-state index contributed by atoms with van der Waals surface area (Å²) < 4.78 is 0. The molecule has 0 aliphatic rings. The van der Waals surface area contributed by atoms with Crippen molar-refractivity contribution in [1.29, 1.82) is 0 Å². The number of halogens is 2. The van der Waals surface area contributed by atoms with Gasteiger partial charge in [-0.3, -0.25) is 4.98 Å². The van der Waals surface area contributed by atoms with Gasteiger partial charge in [-0.2, -0.15) is 0 Å². The molecule has 0 radical (unpaired) electrons. The molecular formula is C13H11Cl2N3S. The molecule has 0 bridgehead atoms. The summed E-state index contributed by atoms with van der Waals surface area (Å²) >= 11 is 17.1. The SMILES string of the molecule is S=C(NCc1ccc(Cl)cc1Cl)Nc1cccnc1. The molecule has 0 unspecified atom stereocenters. The average molecular weight is 312 g/mol. The van der Waals surface area contributed by atoms with Crippen molar-refractivity contribution >= 4 is 46.2 Å². The van der Waals surface area contributed by atoms with E-state index < -0.39 is 0 Å². The highest BCUT2D eigenvalue weighted by Crippen LogP contribution is 2.20. The number of anilines is 1. The quantitative estimate of drug-likeness (QED) is 0.844. The van der Waals surface area contributed by atoms with Crippen molar-refractivity contribution in [2.24, 2.45) is 0 Å². The number of aromatic nitrogens is 1. The van der Waals surface area contributed by atoms with Crippen molar-refractivity contribution in [1.82, 2.24) is 10.3 Å². The molecule has 3 nitrogen and oxygen atoms in total. The van der Waals surface area contributed by atoms with Crippen LogP contribution in [0.4, 0.5) is 5.69 Å². The highest BCUT2D eigenvalue weighted by Gasteiger charge is 2.02. The van der Waals surface area contributed by atoms with Crippen molar-refractivity contribution in [2.75, 3.05) is 5.32 Å². The third kappa shape index (κ3) is 4.35. The predicted molar refractivity (Wildman–Crippen MR) is 83.8 cm³/mol. The smallest absolute Gasteiger partial charge is 0.171 e. The van der Waals surface area contributed by atoms with Crippen LogP contribution < -0.4 is 10.6 Å². The van der Waals surface area contributed by atoms with Crippen LogP contribution in [0.2, 0.25) is 10.0 Å². The van der Waals surface area contributed by atoms with E-state index in [2.05, 4.69) is 15.6 Å². The summed E-state index contributed by atoms with van der Waals surface area (Å²) in [6, 6.07) is 9.08. The van der Waals surface area contributed by atoms with Gasteiger partial charge in [-0.25, -0.2) is 0 Å². The van der Waals surface area contributed by atoms with Crippen LogP contribution in [0, 0.1) is 0 Å². The highest BCUT2D eigenvalue weighted by molar-refractivity contribution is 7.80. The van der Waals surface area contributed by atoms with Crippen LogP contribution in [0.15, 0.2) is 42.7 Å². The third-order valence-electron chi connectivity index (χ3n) is 2.37. The molecular weight excluding hydrogens is 301 g/mol. The van der Waals surface area contributed by atoms with Gasteiger partial charge in [0.1, 0.15) is 0 Å². The highest BCUT2D eigenvalue weighted by atomic mass is 35.5. The first-order valence-electron chi connectivity index (χ1n) is 5.54. The van der Waals surface area contributed by atoms with E-state index in [4.69, 9.17) is 35.4 Å². The number of hydrogen-bond donors (Lipinski definition) is 2. The monoisotopic (exact) mass is 311 g/mol. The van der Waals surface area contributed by atoms with Crippen LogP contribution in [0.3, 0.4) is 0 Å². The topological polar surface area (TPSA) is 37.0 Å². The summed E-state index contributed by atoms with van der Waals surface area (Å²) in [5, 5.41) is 7.85. The van der Waals surface area contributed by atoms with Crippen LogP contribution in [0.25, 0.3) is 0 Å². The maximum Gasteiger partial charge on any atom is 0.171 e. The zero-order valence-corrected chi connectivity index (χ0v) is 12.2. The number of nitrogens with zero attached hydrogens (tertiary/aromatic N) is 1. The standard InChI is InChI=1S/C13H11Cl2N3S/c14-10-4-3-9(12(15)6-10)7-17-13(19)18-11-2-1-5-16-8-11/h1-6,8H,7H2,(H2,17,18,19). The molecule has 0 atom stereocenters. The fraction of sp³-hybridized carbons (Fsp3) is 0.0769. The number of nitrogens with one attached hydrogen (secondary N) is 2. The fourth-order valence-electron chi connectivity index (χ4n) is 1.45. The lowest BCUT2D eigenvalue weighted by atomic mass is 10.2. The molecule has 2 N–H and O–H groups in total. The van der Waals surface area contributed by atoms with Crippen LogP contribution in [0.1, 0.15) is 5.56 Å². The second-order valence-electron chi connectivity index (χ2n) is 3.79. The molecule has 6 heteroatoms. The molecule has 0 aliphatic heterocycles. The molecule has 0 fully saturated rings. The zero-order valence-electron chi connectivity index (χ0n) is 9.86. The lowest BCUT2D eigenvalue weighted by Gasteiger charge is -2.11. The Hall–Kier alpha value is -1.36. The lowest BCUT2D eigenvalue weighted by Crippen LogP contribution is -2.28. The van der Waals surface area contributed by atoms with Crippen molar-refractivity contribution in [3.8, 4) is 0 Å². The third-order valence-corrected chi connectivity index (χ3v) is 3.21. The Bertz CT molecular complexity index is 575. The molecule has 19 heavy (non-hydrogen) atoms. The van der Waals surface area contributed by atoms with E-state index in [1.807, 2.05) is 18.2 Å². The van der Waals surface area contributed by atoms with E-state index in [-0.39, 0.29) is 0 Å². The fourth-order valence-corrected chi connectivity index (χ4v) is 2.12. The van der Waals surface area contributed by atoms with E-state index in [1.54, 1.807) is 24.5 Å². The van der Waals surface area contributed by atoms with E-state index in [0.29, 0.717) is 21.7 Å². The normalized spacial score (nSPS) is 10.0. The van der Waals surface area contributed by atoms with Crippen molar-refractivity contribution in [3.05, 3.63) is 58.3 Å². The van der Waals surface area contributed by atoms with Gasteiger partial charge in [-0.15, -0.1) is 0 Å². The number of rotatable bonds is 3. The van der Waals surface area contributed by atoms with Crippen LogP contribution in [0.5, 0.6) is 0 Å². The summed E-state index contributed by atoms with van der Waals surface area (Å²) in [4.78, 5) is 3.99. The van der Waals surface area contributed by atoms with Crippen LogP contribution >= 0.6 is 35.4 Å². The molecule has 1 aromatic heterocycles. The summed E-state index contributed by atoms with van der Waals surface area (Å²) in [7, 11) is 0. The Morgan fingerprint density at radius 2 is 2.11 bits per heavy atom. The molecule has 0 saturated carbocycles. The molecule has 2 aromatic rings. The van der Waals surface area contributed by atoms with Gasteiger partial charge >= 0.3 is 0 Å². The first kappa shape index (κ1) is 14.1. The first-order valence-corrected chi connectivity index (χ1v) is 6.70. The second-order valence-corrected chi connectivity index (χ2v) is 5.04. The van der Waals surface area contributed by atoms with Gasteiger partial charge in [0.25, 0.3) is 0 Å². The number of hydrogen-bond acceptors (Lipinski definition) is 2. The summed E-state index contributed by atoms with van der Waals surface area (Å²) in [6.45, 7) is 0.530. The van der Waals surface area contributed by atoms with Gasteiger partial charge in [0, 0.05) is 22.8 Å². The maximum atomic E-state index is 6.08. The van der Waals surface area contributed by atoms with Gasteiger partial charge in [0.15, 0.2) is 5.11 Å². The lowest BCUT2D eigenvalue weighted by molar-refractivity contribution is 0.926. The molecule has 98 valence electrons. The van der Waals surface area contributed by atoms with E-state index >= 15 is 0 Å². The molecule has 1 heterocycles. The Morgan fingerprint density at radius 3 is 2.79 bits per heavy atom. The number of benzene rings is 1. The molecule has 2 rings (SSSR count). The van der Waals surface area contributed by atoms with Gasteiger partial charge in [-0.1, -0.05) is 29.3 Å². The van der Waals surface area contributed by atoms with Gasteiger partial charge < -0.3 is 10.6 Å². The Kier molecular flexibility index (Phi) is 4.96. The molecule has 0 saturated heterocycles. The molecule has 1 aromatic carbocycles. The minimum absolute atomic E-state index is 0.513. The largest absolute Gasteiger partial charge is 0.358 e. The van der Waals surface area contributed by atoms with Gasteiger partial charge in [-0.05, 0) is 42.0 Å². The summed E-state index contributed by atoms with van der Waals surface area (Å²) in [5.74, 6) is 0. The summed E-state index contributed by atoms with van der Waals surface area (Å²) in [5.41, 5.74) is 1.77. The van der Waals surface area contributed by atoms with Gasteiger partial charge in [0.2, 0.25) is 0 Å². The summed E-state index contributed by atoms with van der Waals surface area (Å²) in [6.07, 6.45) is 3.40. The Balaban J connectivity index is 1.90. The Labute approximate surface area is 127 Å². The zero-order chi connectivity index (χ0) is 13.7. The second kappa shape index (κ2) is 6.70. The van der Waals surface area contributed by atoms with E-state index in [0.717, 1.165) is 11.3 Å². The molecule has 0 spiro atoms. The molecule has 0 aliphatic carbocycles. The number of thiocarbonyl (C=S) groups is 1. The molecule has 0 amide bonds. The number of pyridine rings is 1. The van der Waals surface area contributed by atoms with Crippen LogP contribution in [-0.4, -0.2) is 10.1 Å². The minimum Gasteiger partial charge on any atom is -0.358 e. The Morgan fingerprint density at radius 1 is 1.26 bits per heavy atom. The van der Waals surface area contributed by atoms with Crippen molar-refractivity contribution < 1.29 is 0 Å². The average Bonchev–Trinajstić information content (AvgIpc) is 2.39.